The van der Waals surface area contributed by atoms with E-state index in [1.807, 2.05) is 4.90 Å². The average Bonchev–Trinajstić information content (AvgIpc) is 2.46. The minimum absolute atomic E-state index is 0.0300. The van der Waals surface area contributed by atoms with Gasteiger partial charge < -0.3 is 15.5 Å². The third-order valence-electron chi connectivity index (χ3n) is 4.17. The Kier molecular flexibility index (Phi) is 5.19. The van der Waals surface area contributed by atoms with E-state index >= 15 is 0 Å². The molecule has 19 heavy (non-hydrogen) atoms. The summed E-state index contributed by atoms with van der Waals surface area (Å²) in [6.45, 7) is 4.80. The highest BCUT2D eigenvalue weighted by molar-refractivity contribution is 5.87. The molecule has 2 heterocycles. The third-order valence-corrected chi connectivity index (χ3v) is 4.17. The molecule has 2 atom stereocenters. The van der Waals surface area contributed by atoms with Crippen molar-refractivity contribution in [2.24, 2.45) is 5.92 Å². The number of carbonyl (C=O) groups is 2. The predicted molar refractivity (Wildman–Crippen MR) is 73.6 cm³/mol. The van der Waals surface area contributed by atoms with Crippen LogP contribution in [-0.2, 0) is 9.59 Å². The van der Waals surface area contributed by atoms with Gasteiger partial charge in [0.25, 0.3) is 0 Å². The molecule has 0 aromatic carbocycles. The second-order valence-corrected chi connectivity index (χ2v) is 5.71. The fourth-order valence-electron chi connectivity index (χ4n) is 2.93. The zero-order valence-electron chi connectivity index (χ0n) is 11.8. The highest BCUT2D eigenvalue weighted by Crippen LogP contribution is 2.15. The van der Waals surface area contributed by atoms with E-state index in [1.165, 1.54) is 6.42 Å². The molecule has 0 bridgehead atoms. The number of hydrogen-bond acceptors (Lipinski definition) is 3. The van der Waals surface area contributed by atoms with Crippen molar-refractivity contribution in [2.75, 3.05) is 26.2 Å². The summed E-state index contributed by atoms with van der Waals surface area (Å²) in [5.41, 5.74) is 0. The maximum atomic E-state index is 12.1. The van der Waals surface area contributed by atoms with Crippen LogP contribution < -0.4 is 10.6 Å². The minimum Gasteiger partial charge on any atom is -0.346 e. The van der Waals surface area contributed by atoms with Crippen LogP contribution in [0.5, 0.6) is 0 Å². The molecule has 5 nitrogen and oxygen atoms in total. The quantitative estimate of drug-likeness (QED) is 0.783. The zero-order chi connectivity index (χ0) is 13.7. The van der Waals surface area contributed by atoms with Crippen molar-refractivity contribution in [3.05, 3.63) is 0 Å². The van der Waals surface area contributed by atoms with Crippen LogP contribution >= 0.6 is 0 Å². The summed E-state index contributed by atoms with van der Waals surface area (Å²) in [6.07, 6.45) is 5.57. The number of piperidine rings is 2. The molecule has 2 amide bonds. The molecule has 2 N–H and O–H groups in total. The van der Waals surface area contributed by atoms with E-state index in [0.29, 0.717) is 5.92 Å². The summed E-state index contributed by atoms with van der Waals surface area (Å²) in [7, 11) is 0. The third kappa shape index (κ3) is 3.93. The number of nitrogens with one attached hydrogen (secondary N) is 2. The summed E-state index contributed by atoms with van der Waals surface area (Å²) in [6, 6.07) is -0.136. The lowest BCUT2D eigenvalue weighted by molar-refractivity contribution is -0.134. The molecule has 0 aromatic rings. The summed E-state index contributed by atoms with van der Waals surface area (Å²) in [5.74, 6) is 0.368. The predicted octanol–water partition coefficient (Wildman–Crippen LogP) is 0.503. The summed E-state index contributed by atoms with van der Waals surface area (Å²) < 4.78 is 0. The van der Waals surface area contributed by atoms with Gasteiger partial charge in [-0.3, -0.25) is 9.59 Å². The van der Waals surface area contributed by atoms with Gasteiger partial charge in [0.05, 0.1) is 12.6 Å². The van der Waals surface area contributed by atoms with Crippen molar-refractivity contribution in [3.8, 4) is 0 Å². The van der Waals surface area contributed by atoms with Crippen molar-refractivity contribution in [2.45, 2.75) is 45.1 Å². The van der Waals surface area contributed by atoms with Gasteiger partial charge >= 0.3 is 0 Å². The van der Waals surface area contributed by atoms with Crippen LogP contribution in [0.25, 0.3) is 0 Å². The second-order valence-electron chi connectivity index (χ2n) is 5.71. The van der Waals surface area contributed by atoms with Crippen LogP contribution in [0.1, 0.15) is 39.0 Å². The van der Waals surface area contributed by atoms with Gasteiger partial charge in [0, 0.05) is 13.1 Å². The molecule has 2 fully saturated rings. The Hall–Kier alpha value is -1.10. The molecular formula is C14H25N3O2. The molecule has 2 saturated heterocycles. The van der Waals surface area contributed by atoms with Crippen LogP contribution in [-0.4, -0.2) is 48.9 Å². The van der Waals surface area contributed by atoms with Crippen molar-refractivity contribution < 1.29 is 9.59 Å². The SMILES string of the molecule is CC1CCCNC1C(=O)NCC(=O)N1CCCCC1. The van der Waals surface area contributed by atoms with E-state index in [9.17, 15) is 9.59 Å². The lowest BCUT2D eigenvalue weighted by atomic mass is 9.92. The monoisotopic (exact) mass is 267 g/mol. The molecule has 0 aromatic heterocycles. The van der Waals surface area contributed by atoms with Crippen LogP contribution in [0.15, 0.2) is 0 Å². The molecule has 0 saturated carbocycles. The summed E-state index contributed by atoms with van der Waals surface area (Å²) in [5, 5.41) is 6.02. The smallest absolute Gasteiger partial charge is 0.241 e. The Bertz CT molecular complexity index is 327. The van der Waals surface area contributed by atoms with Gasteiger partial charge in [-0.2, -0.15) is 0 Å². The van der Waals surface area contributed by atoms with Crippen LogP contribution in [0.3, 0.4) is 0 Å². The lowest BCUT2D eigenvalue weighted by Gasteiger charge is -2.30. The molecule has 2 aliphatic heterocycles. The fraction of sp³-hybridized carbons (Fsp3) is 0.857. The van der Waals surface area contributed by atoms with Gasteiger partial charge in [-0.1, -0.05) is 6.92 Å². The number of nitrogens with zero attached hydrogens (tertiary/aromatic N) is 1. The Morgan fingerprint density at radius 1 is 1.21 bits per heavy atom. The lowest BCUT2D eigenvalue weighted by Crippen LogP contribution is -2.53. The zero-order valence-corrected chi connectivity index (χ0v) is 11.8. The standard InChI is InChI=1S/C14H25N3O2/c1-11-6-5-7-15-13(11)14(19)16-10-12(18)17-8-3-2-4-9-17/h11,13,15H,2-10H2,1H3,(H,16,19). The molecule has 0 aliphatic carbocycles. The van der Waals surface area contributed by atoms with Crippen LogP contribution in [0.4, 0.5) is 0 Å². The van der Waals surface area contributed by atoms with Gasteiger partial charge in [-0.15, -0.1) is 0 Å². The molecule has 108 valence electrons. The van der Waals surface area contributed by atoms with Gasteiger partial charge in [0.15, 0.2) is 0 Å². The molecule has 2 unspecified atom stereocenters. The van der Waals surface area contributed by atoms with Gasteiger partial charge in [-0.25, -0.2) is 0 Å². The second kappa shape index (κ2) is 6.89. The van der Waals surface area contributed by atoms with E-state index in [1.54, 1.807) is 0 Å². The first-order valence-electron chi connectivity index (χ1n) is 7.47. The van der Waals surface area contributed by atoms with Crippen molar-refractivity contribution in [1.82, 2.24) is 15.5 Å². The molecule has 5 heteroatoms. The van der Waals surface area contributed by atoms with Crippen LogP contribution in [0, 0.1) is 5.92 Å². The van der Waals surface area contributed by atoms with Gasteiger partial charge in [0.2, 0.25) is 11.8 Å². The summed E-state index contributed by atoms with van der Waals surface area (Å²) in [4.78, 5) is 25.9. The van der Waals surface area contributed by atoms with Gasteiger partial charge in [0.1, 0.15) is 0 Å². The minimum atomic E-state index is -0.136. The number of hydrogen-bond donors (Lipinski definition) is 2. The fourth-order valence-corrected chi connectivity index (χ4v) is 2.93. The van der Waals surface area contributed by atoms with Gasteiger partial charge in [-0.05, 0) is 44.6 Å². The number of carbonyl (C=O) groups excluding carboxylic acids is 2. The Balaban J connectivity index is 1.74. The largest absolute Gasteiger partial charge is 0.346 e. The van der Waals surface area contributed by atoms with Crippen LogP contribution in [0.2, 0.25) is 0 Å². The van der Waals surface area contributed by atoms with E-state index < -0.39 is 0 Å². The maximum Gasteiger partial charge on any atom is 0.241 e. The van der Waals surface area contributed by atoms with E-state index in [-0.39, 0.29) is 24.4 Å². The average molecular weight is 267 g/mol. The van der Waals surface area contributed by atoms with E-state index in [0.717, 1.165) is 45.3 Å². The number of amides is 2. The van der Waals surface area contributed by atoms with E-state index in [2.05, 4.69) is 17.6 Å². The highest BCUT2D eigenvalue weighted by atomic mass is 16.2. The Labute approximate surface area is 115 Å². The summed E-state index contributed by atoms with van der Waals surface area (Å²) >= 11 is 0. The molecule has 2 aliphatic rings. The highest BCUT2D eigenvalue weighted by Gasteiger charge is 2.27. The van der Waals surface area contributed by atoms with E-state index in [4.69, 9.17) is 0 Å². The van der Waals surface area contributed by atoms with Crippen molar-refractivity contribution in [3.63, 3.8) is 0 Å². The Morgan fingerprint density at radius 3 is 2.63 bits per heavy atom. The molecular weight excluding hydrogens is 242 g/mol. The maximum absolute atomic E-state index is 12.1. The topological polar surface area (TPSA) is 61.4 Å². The molecule has 0 radical (unpaired) electrons. The first-order valence-corrected chi connectivity index (χ1v) is 7.47. The molecule has 0 spiro atoms. The normalized spacial score (nSPS) is 27.9. The Morgan fingerprint density at radius 2 is 1.95 bits per heavy atom. The van der Waals surface area contributed by atoms with Crippen molar-refractivity contribution >= 4 is 11.8 Å². The first kappa shape index (κ1) is 14.3. The van der Waals surface area contributed by atoms with Crippen molar-refractivity contribution in [1.29, 1.82) is 0 Å². The number of rotatable bonds is 3. The molecule has 2 rings (SSSR count). The first-order chi connectivity index (χ1) is 9.18. The number of likely N-dealkylation sites (tertiary alicyclic amines) is 1.